The van der Waals surface area contributed by atoms with Crippen LogP contribution in [0.25, 0.3) is 20.9 Å². The summed E-state index contributed by atoms with van der Waals surface area (Å²) in [6.07, 6.45) is 0. The summed E-state index contributed by atoms with van der Waals surface area (Å²) in [5, 5.41) is 10.5. The lowest BCUT2D eigenvalue weighted by Crippen LogP contribution is -2.38. The Morgan fingerprint density at radius 3 is 1.73 bits per heavy atom. The van der Waals surface area contributed by atoms with Gasteiger partial charge < -0.3 is 10.6 Å². The first-order valence-electron chi connectivity index (χ1n) is 3.75. The lowest BCUT2D eigenvalue weighted by molar-refractivity contribution is -0.121. The molecule has 15 heavy (non-hydrogen) atoms. The molecule has 0 rings (SSSR count). The topological polar surface area (TPSA) is 156 Å². The van der Waals surface area contributed by atoms with E-state index in [1.54, 1.807) is 0 Å². The molecule has 0 saturated carbocycles. The molecule has 0 bridgehead atoms. The highest BCUT2D eigenvalue weighted by atomic mass is 16.2. The SMILES string of the molecule is [N-]=[N+]=NCC(=O)NCNC(=O)CN=[N+]=[N-]. The van der Waals surface area contributed by atoms with E-state index < -0.39 is 11.8 Å². The number of hydrogen-bond acceptors (Lipinski definition) is 4. The minimum Gasteiger partial charge on any atom is -0.339 e. The van der Waals surface area contributed by atoms with Crippen LogP contribution in [0.3, 0.4) is 0 Å². The van der Waals surface area contributed by atoms with E-state index in [9.17, 15) is 9.59 Å². The summed E-state index contributed by atoms with van der Waals surface area (Å²) in [7, 11) is 0. The van der Waals surface area contributed by atoms with Gasteiger partial charge >= 0.3 is 0 Å². The van der Waals surface area contributed by atoms with Crippen molar-refractivity contribution in [3.8, 4) is 0 Å². The van der Waals surface area contributed by atoms with E-state index in [1.807, 2.05) is 0 Å². The van der Waals surface area contributed by atoms with E-state index in [2.05, 4.69) is 30.7 Å². The van der Waals surface area contributed by atoms with Crippen molar-refractivity contribution >= 4 is 11.8 Å². The number of carbonyl (C=O) groups is 2. The van der Waals surface area contributed by atoms with Gasteiger partial charge in [0.2, 0.25) is 11.8 Å². The Balaban J connectivity index is 3.60. The molecule has 0 spiro atoms. The van der Waals surface area contributed by atoms with Gasteiger partial charge in [0.05, 0.1) is 6.67 Å². The van der Waals surface area contributed by atoms with Crippen LogP contribution < -0.4 is 10.6 Å². The second-order valence-electron chi connectivity index (χ2n) is 2.15. The fraction of sp³-hybridized carbons (Fsp3) is 0.600. The lowest BCUT2D eigenvalue weighted by atomic mass is 10.6. The van der Waals surface area contributed by atoms with Gasteiger partial charge in [-0.1, -0.05) is 10.2 Å². The molecule has 0 aromatic heterocycles. The van der Waals surface area contributed by atoms with Crippen LogP contribution in [0.1, 0.15) is 0 Å². The van der Waals surface area contributed by atoms with Gasteiger partial charge in [0.1, 0.15) is 13.1 Å². The molecule has 80 valence electrons. The predicted octanol–water partition coefficient (Wildman–Crippen LogP) is -0.203. The molecule has 0 atom stereocenters. The molecule has 0 aromatic carbocycles. The molecule has 0 aromatic rings. The average Bonchev–Trinajstić information content (AvgIpc) is 2.23. The van der Waals surface area contributed by atoms with Crippen molar-refractivity contribution < 1.29 is 9.59 Å². The van der Waals surface area contributed by atoms with E-state index in [1.165, 1.54) is 0 Å². The molecule has 10 nitrogen and oxygen atoms in total. The number of azide groups is 2. The Bertz CT molecular complexity index is 294. The average molecular weight is 212 g/mol. The standard InChI is InChI=1S/C5H8N8O2/c6-12-10-1-4(14)8-3-9-5(15)2-11-13-7/h1-3H2,(H,8,14)(H,9,15). The van der Waals surface area contributed by atoms with Crippen LogP contribution in [0.15, 0.2) is 10.2 Å². The van der Waals surface area contributed by atoms with Crippen molar-refractivity contribution in [2.24, 2.45) is 10.2 Å². The minimum absolute atomic E-state index is 0.112. The quantitative estimate of drug-likeness (QED) is 0.270. The van der Waals surface area contributed by atoms with E-state index in [4.69, 9.17) is 11.1 Å². The van der Waals surface area contributed by atoms with Crippen LogP contribution >= 0.6 is 0 Å². The van der Waals surface area contributed by atoms with Crippen molar-refractivity contribution in [3.63, 3.8) is 0 Å². The summed E-state index contributed by atoms with van der Waals surface area (Å²) in [5.41, 5.74) is 15.8. The number of amides is 2. The van der Waals surface area contributed by atoms with E-state index >= 15 is 0 Å². The predicted molar refractivity (Wildman–Crippen MR) is 49.2 cm³/mol. The van der Waals surface area contributed by atoms with Crippen LogP contribution in [-0.4, -0.2) is 31.6 Å². The van der Waals surface area contributed by atoms with Gasteiger partial charge in [-0.3, -0.25) is 9.59 Å². The van der Waals surface area contributed by atoms with Crippen LogP contribution in [0, 0.1) is 0 Å². The van der Waals surface area contributed by atoms with E-state index in [0.29, 0.717) is 0 Å². The first-order valence-corrected chi connectivity index (χ1v) is 3.75. The van der Waals surface area contributed by atoms with Crippen molar-refractivity contribution in [2.45, 2.75) is 0 Å². The summed E-state index contributed by atoms with van der Waals surface area (Å²) in [6.45, 7) is -0.773. The van der Waals surface area contributed by atoms with Gasteiger partial charge in [-0.05, 0) is 11.1 Å². The Hall–Kier alpha value is -2.44. The normalized spacial score (nSPS) is 8.00. The first-order chi connectivity index (χ1) is 7.20. The molecule has 2 N–H and O–H groups in total. The third-order valence-electron chi connectivity index (χ3n) is 1.13. The molecule has 0 heterocycles. The highest BCUT2D eigenvalue weighted by Crippen LogP contribution is 1.73. The molecule has 0 radical (unpaired) electrons. The van der Waals surface area contributed by atoms with E-state index in [-0.39, 0.29) is 19.8 Å². The van der Waals surface area contributed by atoms with Crippen molar-refractivity contribution in [1.82, 2.24) is 10.6 Å². The smallest absolute Gasteiger partial charge is 0.227 e. The zero-order valence-electron chi connectivity index (χ0n) is 7.62. The van der Waals surface area contributed by atoms with Crippen LogP contribution in [0.2, 0.25) is 0 Å². The monoisotopic (exact) mass is 212 g/mol. The molecule has 2 amide bonds. The lowest BCUT2D eigenvalue weighted by Gasteiger charge is -2.03. The third-order valence-corrected chi connectivity index (χ3v) is 1.13. The maximum Gasteiger partial charge on any atom is 0.227 e. The van der Waals surface area contributed by atoms with Gasteiger partial charge in [-0.25, -0.2) is 0 Å². The van der Waals surface area contributed by atoms with Gasteiger partial charge in [0.25, 0.3) is 0 Å². The fourth-order valence-electron chi connectivity index (χ4n) is 0.545. The minimum atomic E-state index is -0.517. The van der Waals surface area contributed by atoms with Crippen molar-refractivity contribution in [2.75, 3.05) is 19.8 Å². The van der Waals surface area contributed by atoms with Gasteiger partial charge in [-0.15, -0.1) is 0 Å². The van der Waals surface area contributed by atoms with Gasteiger partial charge in [0.15, 0.2) is 0 Å². The number of hydrogen-bond donors (Lipinski definition) is 2. The zero-order valence-corrected chi connectivity index (χ0v) is 7.62. The summed E-state index contributed by atoms with van der Waals surface area (Å²) < 4.78 is 0. The molecule has 0 aliphatic heterocycles. The molecule has 0 fully saturated rings. The highest BCUT2D eigenvalue weighted by Gasteiger charge is 2.00. The largest absolute Gasteiger partial charge is 0.339 e. The third kappa shape index (κ3) is 7.91. The Labute approximate surface area is 83.9 Å². The van der Waals surface area contributed by atoms with Gasteiger partial charge in [-0.2, -0.15) is 0 Å². The zero-order chi connectivity index (χ0) is 11.5. The summed E-state index contributed by atoms with van der Waals surface area (Å²) >= 11 is 0. The summed E-state index contributed by atoms with van der Waals surface area (Å²) in [5.74, 6) is -1.03. The number of nitrogens with zero attached hydrogens (tertiary/aromatic N) is 6. The summed E-state index contributed by atoms with van der Waals surface area (Å²) in [6, 6.07) is 0. The molecule has 0 saturated heterocycles. The molecular weight excluding hydrogens is 204 g/mol. The number of nitrogens with one attached hydrogen (secondary N) is 2. The summed E-state index contributed by atoms with van der Waals surface area (Å²) in [4.78, 5) is 26.3. The number of carbonyl (C=O) groups excluding carboxylic acids is 2. The molecule has 0 aliphatic rings. The second-order valence-corrected chi connectivity index (χ2v) is 2.15. The Kier molecular flexibility index (Phi) is 6.84. The molecule has 10 heteroatoms. The maximum absolute atomic E-state index is 10.8. The first kappa shape index (κ1) is 12.6. The van der Waals surface area contributed by atoms with Crippen LogP contribution in [-0.2, 0) is 9.59 Å². The van der Waals surface area contributed by atoms with Gasteiger partial charge in [0, 0.05) is 9.82 Å². The van der Waals surface area contributed by atoms with Crippen molar-refractivity contribution in [3.05, 3.63) is 20.9 Å². The molecule has 0 aliphatic carbocycles. The Morgan fingerprint density at radius 2 is 1.40 bits per heavy atom. The maximum atomic E-state index is 10.8. The van der Waals surface area contributed by atoms with Crippen LogP contribution in [0.4, 0.5) is 0 Å². The van der Waals surface area contributed by atoms with Crippen molar-refractivity contribution in [1.29, 1.82) is 0 Å². The molecule has 0 unspecified atom stereocenters. The Morgan fingerprint density at radius 1 is 1.00 bits per heavy atom. The second kappa shape index (κ2) is 8.17. The highest BCUT2D eigenvalue weighted by molar-refractivity contribution is 5.80. The fourth-order valence-corrected chi connectivity index (χ4v) is 0.545. The molecular formula is C5H8N8O2. The van der Waals surface area contributed by atoms with Crippen LogP contribution in [0.5, 0.6) is 0 Å². The number of rotatable bonds is 6. The van der Waals surface area contributed by atoms with E-state index in [0.717, 1.165) is 0 Å².